The SMILES string of the molecule is COCCCn1c(=S)[nH]c2cc(C(=O)N(Cc3ccccc3)Cc3ccco3)ccc2c1=O. The Balaban J connectivity index is 1.66. The van der Waals surface area contributed by atoms with Crippen molar-refractivity contribution in [2.75, 3.05) is 13.7 Å². The van der Waals surface area contributed by atoms with Gasteiger partial charge < -0.3 is 19.0 Å². The molecule has 2 heterocycles. The largest absolute Gasteiger partial charge is 0.467 e. The monoisotopic (exact) mass is 463 g/mol. The van der Waals surface area contributed by atoms with E-state index in [0.29, 0.717) is 59.7 Å². The van der Waals surface area contributed by atoms with Gasteiger partial charge in [-0.2, -0.15) is 0 Å². The van der Waals surface area contributed by atoms with Gasteiger partial charge in [-0.1, -0.05) is 30.3 Å². The number of hydrogen-bond acceptors (Lipinski definition) is 5. The number of amides is 1. The highest BCUT2D eigenvalue weighted by Crippen LogP contribution is 2.17. The van der Waals surface area contributed by atoms with Gasteiger partial charge in [-0.25, -0.2) is 0 Å². The molecule has 0 spiro atoms. The summed E-state index contributed by atoms with van der Waals surface area (Å²) < 4.78 is 12.4. The lowest BCUT2D eigenvalue weighted by Gasteiger charge is -2.22. The number of hydrogen-bond donors (Lipinski definition) is 1. The van der Waals surface area contributed by atoms with Gasteiger partial charge in [0, 0.05) is 32.4 Å². The summed E-state index contributed by atoms with van der Waals surface area (Å²) in [7, 11) is 1.62. The fourth-order valence-electron chi connectivity index (χ4n) is 3.73. The Morgan fingerprint density at radius 3 is 2.67 bits per heavy atom. The highest BCUT2D eigenvalue weighted by molar-refractivity contribution is 7.71. The van der Waals surface area contributed by atoms with Crippen molar-refractivity contribution in [3.05, 3.63) is 98.9 Å². The summed E-state index contributed by atoms with van der Waals surface area (Å²) in [6, 6.07) is 18.5. The van der Waals surface area contributed by atoms with Crippen LogP contribution in [-0.4, -0.2) is 34.1 Å². The number of carbonyl (C=O) groups excluding carboxylic acids is 1. The summed E-state index contributed by atoms with van der Waals surface area (Å²) in [5.74, 6) is 0.527. The van der Waals surface area contributed by atoms with Crippen molar-refractivity contribution in [3.63, 3.8) is 0 Å². The molecule has 170 valence electrons. The predicted molar refractivity (Wildman–Crippen MR) is 129 cm³/mol. The Bertz CT molecular complexity index is 1340. The summed E-state index contributed by atoms with van der Waals surface area (Å²) in [5, 5.41) is 0.484. The zero-order chi connectivity index (χ0) is 23.2. The van der Waals surface area contributed by atoms with Gasteiger partial charge in [0.05, 0.1) is 23.7 Å². The zero-order valence-corrected chi connectivity index (χ0v) is 19.1. The molecule has 0 atom stereocenters. The molecule has 4 rings (SSSR count). The molecule has 2 aromatic carbocycles. The molecule has 0 aliphatic heterocycles. The maximum atomic E-state index is 13.5. The van der Waals surface area contributed by atoms with Crippen LogP contribution >= 0.6 is 12.2 Å². The minimum Gasteiger partial charge on any atom is -0.467 e. The third kappa shape index (κ3) is 5.30. The molecule has 1 N–H and O–H groups in total. The summed E-state index contributed by atoms with van der Waals surface area (Å²) >= 11 is 5.40. The molecule has 8 heteroatoms. The number of aromatic amines is 1. The summed E-state index contributed by atoms with van der Waals surface area (Å²) in [6.07, 6.45) is 2.27. The average molecular weight is 464 g/mol. The second-order valence-corrected chi connectivity index (χ2v) is 8.11. The molecule has 0 radical (unpaired) electrons. The average Bonchev–Trinajstić information content (AvgIpc) is 3.34. The molecular formula is C25H25N3O4S. The quantitative estimate of drug-likeness (QED) is 0.291. The van der Waals surface area contributed by atoms with Gasteiger partial charge in [0.25, 0.3) is 11.5 Å². The van der Waals surface area contributed by atoms with Crippen LogP contribution in [0.5, 0.6) is 0 Å². The Morgan fingerprint density at radius 2 is 1.94 bits per heavy atom. The van der Waals surface area contributed by atoms with E-state index >= 15 is 0 Å². The number of furan rings is 1. The van der Waals surface area contributed by atoms with Crippen LogP contribution in [0.3, 0.4) is 0 Å². The first kappa shape index (κ1) is 22.7. The number of aromatic nitrogens is 2. The fraction of sp³-hybridized carbons (Fsp3) is 0.240. The molecule has 0 aliphatic carbocycles. The summed E-state index contributed by atoms with van der Waals surface area (Å²) in [6.45, 7) is 1.76. The third-order valence-electron chi connectivity index (χ3n) is 5.39. The minimum absolute atomic E-state index is 0.166. The van der Waals surface area contributed by atoms with Crippen LogP contribution < -0.4 is 5.56 Å². The number of methoxy groups -OCH3 is 1. The van der Waals surface area contributed by atoms with Crippen LogP contribution in [0.1, 0.15) is 28.1 Å². The Kier molecular flexibility index (Phi) is 7.16. The molecule has 0 saturated heterocycles. The topological polar surface area (TPSA) is 80.5 Å². The third-order valence-corrected chi connectivity index (χ3v) is 5.71. The van der Waals surface area contributed by atoms with Crippen molar-refractivity contribution in [2.24, 2.45) is 0 Å². The van der Waals surface area contributed by atoms with E-state index in [0.717, 1.165) is 5.56 Å². The fourth-order valence-corrected chi connectivity index (χ4v) is 4.02. The number of H-pyrrole nitrogens is 1. The van der Waals surface area contributed by atoms with E-state index in [2.05, 4.69) is 4.98 Å². The molecule has 33 heavy (non-hydrogen) atoms. The van der Waals surface area contributed by atoms with Crippen molar-refractivity contribution < 1.29 is 13.9 Å². The van der Waals surface area contributed by atoms with E-state index < -0.39 is 0 Å². The Morgan fingerprint density at radius 1 is 1.12 bits per heavy atom. The normalized spacial score (nSPS) is 11.1. The molecule has 2 aromatic heterocycles. The van der Waals surface area contributed by atoms with Crippen LogP contribution in [0.25, 0.3) is 10.9 Å². The summed E-state index contributed by atoms with van der Waals surface area (Å²) in [4.78, 5) is 31.2. The second-order valence-electron chi connectivity index (χ2n) is 7.72. The van der Waals surface area contributed by atoms with Gasteiger partial charge in [0.2, 0.25) is 0 Å². The van der Waals surface area contributed by atoms with Crippen LogP contribution in [0.2, 0.25) is 0 Å². The highest BCUT2D eigenvalue weighted by Gasteiger charge is 2.19. The van der Waals surface area contributed by atoms with Crippen molar-refractivity contribution >= 4 is 29.0 Å². The van der Waals surface area contributed by atoms with Gasteiger partial charge in [-0.3, -0.25) is 14.2 Å². The first-order valence-corrected chi connectivity index (χ1v) is 11.1. The van der Waals surface area contributed by atoms with Gasteiger partial charge in [0.15, 0.2) is 4.77 Å². The number of benzene rings is 2. The van der Waals surface area contributed by atoms with Gasteiger partial charge in [-0.15, -0.1) is 0 Å². The van der Waals surface area contributed by atoms with Gasteiger partial charge in [-0.05, 0) is 54.5 Å². The van der Waals surface area contributed by atoms with E-state index in [-0.39, 0.29) is 11.5 Å². The van der Waals surface area contributed by atoms with Gasteiger partial charge >= 0.3 is 0 Å². The van der Waals surface area contributed by atoms with Crippen LogP contribution in [0.15, 0.2) is 76.1 Å². The van der Waals surface area contributed by atoms with E-state index in [1.807, 2.05) is 36.4 Å². The molecule has 0 saturated carbocycles. The standard InChI is InChI=1S/C25H25N3O4S/c1-31-13-6-12-28-24(30)21-11-10-19(15-22(21)26-25(28)33)23(29)27(17-20-9-5-14-32-20)16-18-7-3-2-4-8-18/h2-5,7-11,14-15H,6,12-13,16-17H2,1H3,(H,26,33). The van der Waals surface area contributed by atoms with E-state index in [1.54, 1.807) is 42.5 Å². The first-order chi connectivity index (χ1) is 16.1. The van der Waals surface area contributed by atoms with Crippen LogP contribution in [0.4, 0.5) is 0 Å². The predicted octanol–water partition coefficient (Wildman–Crippen LogP) is 4.53. The molecule has 7 nitrogen and oxygen atoms in total. The number of carbonyl (C=O) groups is 1. The smallest absolute Gasteiger partial charge is 0.262 e. The van der Waals surface area contributed by atoms with E-state index in [9.17, 15) is 9.59 Å². The highest BCUT2D eigenvalue weighted by atomic mass is 32.1. The number of rotatable bonds is 9. The van der Waals surface area contributed by atoms with Crippen molar-refractivity contribution in [2.45, 2.75) is 26.1 Å². The van der Waals surface area contributed by atoms with Crippen LogP contribution in [-0.2, 0) is 24.4 Å². The molecule has 4 aromatic rings. The molecule has 1 amide bonds. The number of nitrogens with zero attached hydrogens (tertiary/aromatic N) is 2. The van der Waals surface area contributed by atoms with Crippen molar-refractivity contribution in [1.82, 2.24) is 14.5 Å². The molecule has 0 unspecified atom stereocenters. The lowest BCUT2D eigenvalue weighted by molar-refractivity contribution is 0.0718. The maximum absolute atomic E-state index is 13.5. The van der Waals surface area contributed by atoms with Crippen molar-refractivity contribution in [3.8, 4) is 0 Å². The molecule has 0 fully saturated rings. The minimum atomic E-state index is -0.180. The first-order valence-electron chi connectivity index (χ1n) is 10.7. The lowest BCUT2D eigenvalue weighted by Crippen LogP contribution is -2.30. The maximum Gasteiger partial charge on any atom is 0.262 e. The molecule has 0 bridgehead atoms. The van der Waals surface area contributed by atoms with Crippen molar-refractivity contribution in [1.29, 1.82) is 0 Å². The Labute approximate surface area is 196 Å². The van der Waals surface area contributed by atoms with Gasteiger partial charge in [0.1, 0.15) is 5.76 Å². The lowest BCUT2D eigenvalue weighted by atomic mass is 10.1. The molecular weight excluding hydrogens is 438 g/mol. The number of fused-ring (bicyclic) bond motifs is 1. The zero-order valence-electron chi connectivity index (χ0n) is 18.3. The number of ether oxygens (including phenoxy) is 1. The van der Waals surface area contributed by atoms with E-state index in [4.69, 9.17) is 21.4 Å². The molecule has 0 aliphatic rings. The Hall–Kier alpha value is -3.49. The van der Waals surface area contributed by atoms with Crippen LogP contribution in [0, 0.1) is 4.77 Å². The second kappa shape index (κ2) is 10.4. The van der Waals surface area contributed by atoms with E-state index in [1.165, 1.54) is 4.57 Å². The number of nitrogens with one attached hydrogen (secondary N) is 1. The summed E-state index contributed by atoms with van der Waals surface area (Å²) in [5.41, 5.74) is 1.83.